The quantitative estimate of drug-likeness (QED) is 0.744. The molecule has 1 aromatic heterocycles. The van der Waals surface area contributed by atoms with Crippen LogP contribution in [0.1, 0.15) is 11.1 Å². The van der Waals surface area contributed by atoms with Crippen LogP contribution in [0.5, 0.6) is 0 Å². The average Bonchev–Trinajstić information content (AvgIpc) is 2.39. The van der Waals surface area contributed by atoms with Gasteiger partial charge in [-0.25, -0.2) is 0 Å². The van der Waals surface area contributed by atoms with Crippen molar-refractivity contribution in [3.8, 4) is 0 Å². The zero-order chi connectivity index (χ0) is 7.14. The first-order chi connectivity index (χ1) is 4.79. The van der Waals surface area contributed by atoms with E-state index in [-0.39, 0.29) is 17.0 Å². The molecule has 1 N–H and O–H groups in total. The Labute approximate surface area is 96.6 Å². The van der Waals surface area contributed by atoms with E-state index >= 15 is 0 Å². The lowest BCUT2D eigenvalue weighted by Gasteiger charge is -1.87. The van der Waals surface area contributed by atoms with Crippen LogP contribution in [0, 0.1) is 0 Å². The molecule has 0 aromatic carbocycles. The topological polar surface area (TPSA) is 12.0 Å². The van der Waals surface area contributed by atoms with Gasteiger partial charge in [-0.1, -0.05) is 0 Å². The van der Waals surface area contributed by atoms with Crippen molar-refractivity contribution in [3.63, 3.8) is 0 Å². The highest BCUT2D eigenvalue weighted by Crippen LogP contribution is 2.39. The summed E-state index contributed by atoms with van der Waals surface area (Å²) in [4.78, 5) is 0. The van der Waals surface area contributed by atoms with Crippen LogP contribution in [0.15, 0.2) is 7.57 Å². The smallest absolute Gasteiger partial charge is 0.0758 e. The Hall–Kier alpha value is 1.10. The summed E-state index contributed by atoms with van der Waals surface area (Å²) in [5, 5.41) is 3.30. The van der Waals surface area contributed by atoms with Crippen molar-refractivity contribution < 1.29 is 0 Å². The predicted molar refractivity (Wildman–Crippen MR) is 60.6 cm³/mol. The number of thiophene rings is 1. The number of fused-ring (bicyclic) bond motifs is 1. The van der Waals surface area contributed by atoms with Gasteiger partial charge < -0.3 is 5.32 Å². The second kappa shape index (κ2) is 3.87. The van der Waals surface area contributed by atoms with Crippen LogP contribution in [0.3, 0.4) is 0 Å². The Morgan fingerprint density at radius 3 is 2.00 bits per heavy atom. The molecule has 62 valence electrons. The van der Waals surface area contributed by atoms with Crippen LogP contribution < -0.4 is 5.32 Å². The van der Waals surface area contributed by atoms with E-state index in [1.165, 1.54) is 18.7 Å². The summed E-state index contributed by atoms with van der Waals surface area (Å²) < 4.78 is 2.53. The minimum Gasteiger partial charge on any atom is -0.308 e. The summed E-state index contributed by atoms with van der Waals surface area (Å²) in [6, 6.07) is 0. The van der Waals surface area contributed by atoms with Gasteiger partial charge in [-0.2, -0.15) is 0 Å². The highest BCUT2D eigenvalue weighted by atomic mass is 79.9. The maximum atomic E-state index is 3.52. The van der Waals surface area contributed by atoms with Crippen molar-refractivity contribution in [1.29, 1.82) is 0 Å². The molecule has 1 nitrogen and oxygen atoms in total. The summed E-state index contributed by atoms with van der Waals surface area (Å²) in [5.74, 6) is 0. The van der Waals surface area contributed by atoms with Crippen molar-refractivity contribution in [2.24, 2.45) is 0 Å². The van der Waals surface area contributed by atoms with E-state index in [9.17, 15) is 0 Å². The van der Waals surface area contributed by atoms with Crippen LogP contribution in [-0.2, 0) is 13.1 Å². The molecular formula is C6H6Br3NS. The fourth-order valence-corrected chi connectivity index (χ4v) is 4.28. The first-order valence-corrected chi connectivity index (χ1v) is 5.35. The zero-order valence-electron chi connectivity index (χ0n) is 5.49. The number of halogens is 3. The lowest BCUT2D eigenvalue weighted by atomic mass is 10.2. The normalized spacial score (nSPS) is 14.4. The standard InChI is InChI=1S/C6H5Br2NS.BrH/c7-5-3-1-9-2-4(3)6(8)10-5;/h9H,1-2H2;1H. The summed E-state index contributed by atoms with van der Waals surface area (Å²) in [5.41, 5.74) is 2.86. The van der Waals surface area contributed by atoms with Gasteiger partial charge in [0.25, 0.3) is 0 Å². The number of rotatable bonds is 0. The average molecular weight is 364 g/mol. The van der Waals surface area contributed by atoms with Gasteiger partial charge in [-0.3, -0.25) is 0 Å². The largest absolute Gasteiger partial charge is 0.308 e. The second-order valence-corrected chi connectivity index (χ2v) is 5.87. The summed E-state index contributed by atoms with van der Waals surface area (Å²) in [6.45, 7) is 2.02. The fourth-order valence-electron chi connectivity index (χ4n) is 1.10. The van der Waals surface area contributed by atoms with E-state index < -0.39 is 0 Å². The van der Waals surface area contributed by atoms with E-state index in [0.29, 0.717) is 0 Å². The van der Waals surface area contributed by atoms with E-state index in [1.54, 1.807) is 11.3 Å². The van der Waals surface area contributed by atoms with Gasteiger partial charge in [-0.05, 0) is 43.0 Å². The van der Waals surface area contributed by atoms with Crippen LogP contribution in [0.25, 0.3) is 0 Å². The molecule has 1 aliphatic heterocycles. The van der Waals surface area contributed by atoms with Gasteiger partial charge in [-0.15, -0.1) is 28.3 Å². The lowest BCUT2D eigenvalue weighted by molar-refractivity contribution is 0.763. The Morgan fingerprint density at radius 2 is 1.55 bits per heavy atom. The monoisotopic (exact) mass is 361 g/mol. The van der Waals surface area contributed by atoms with Gasteiger partial charge in [0.15, 0.2) is 0 Å². The number of hydrogen-bond donors (Lipinski definition) is 1. The molecule has 2 heterocycles. The third kappa shape index (κ3) is 1.72. The van der Waals surface area contributed by atoms with E-state index in [0.717, 1.165) is 13.1 Å². The molecule has 0 fully saturated rings. The minimum atomic E-state index is 0. The van der Waals surface area contributed by atoms with Gasteiger partial charge >= 0.3 is 0 Å². The first-order valence-electron chi connectivity index (χ1n) is 2.95. The molecule has 0 unspecified atom stereocenters. The Balaban J connectivity index is 0.000000605. The highest BCUT2D eigenvalue weighted by molar-refractivity contribution is 9.12. The lowest BCUT2D eigenvalue weighted by Crippen LogP contribution is -2.00. The van der Waals surface area contributed by atoms with Crippen molar-refractivity contribution in [1.82, 2.24) is 5.32 Å². The third-order valence-electron chi connectivity index (χ3n) is 1.62. The van der Waals surface area contributed by atoms with Crippen LogP contribution >= 0.6 is 60.2 Å². The Morgan fingerprint density at radius 1 is 1.09 bits per heavy atom. The van der Waals surface area contributed by atoms with Gasteiger partial charge in [0.1, 0.15) is 0 Å². The molecule has 0 atom stereocenters. The molecule has 5 heteroatoms. The minimum absolute atomic E-state index is 0. The SMILES string of the molecule is Br.Brc1sc(Br)c2c1CNC2. The third-order valence-corrected chi connectivity index (χ3v) is 4.40. The van der Waals surface area contributed by atoms with Crippen molar-refractivity contribution in [2.45, 2.75) is 13.1 Å². The van der Waals surface area contributed by atoms with Gasteiger partial charge in [0.05, 0.1) is 7.57 Å². The molecule has 1 aliphatic rings. The molecule has 0 amide bonds. The second-order valence-electron chi connectivity index (χ2n) is 2.21. The Kier molecular flexibility index (Phi) is 3.58. The number of nitrogens with one attached hydrogen (secondary N) is 1. The maximum Gasteiger partial charge on any atom is 0.0758 e. The predicted octanol–water partition coefficient (Wildman–Crippen LogP) is 3.45. The van der Waals surface area contributed by atoms with Crippen LogP contribution in [0.2, 0.25) is 0 Å². The van der Waals surface area contributed by atoms with Crippen LogP contribution in [0.4, 0.5) is 0 Å². The highest BCUT2D eigenvalue weighted by Gasteiger charge is 2.18. The molecule has 1 aromatic rings. The molecule has 11 heavy (non-hydrogen) atoms. The van der Waals surface area contributed by atoms with Crippen molar-refractivity contribution in [2.75, 3.05) is 0 Å². The molecule has 0 aliphatic carbocycles. The number of hydrogen-bond acceptors (Lipinski definition) is 2. The summed E-state index contributed by atoms with van der Waals surface area (Å²) in [6.07, 6.45) is 0. The van der Waals surface area contributed by atoms with Crippen molar-refractivity contribution >= 4 is 60.2 Å². The fraction of sp³-hybridized carbons (Fsp3) is 0.333. The van der Waals surface area contributed by atoms with E-state index in [1.807, 2.05) is 0 Å². The molecule has 0 radical (unpaired) electrons. The zero-order valence-corrected chi connectivity index (χ0v) is 11.2. The summed E-state index contributed by atoms with van der Waals surface area (Å²) in [7, 11) is 0. The van der Waals surface area contributed by atoms with E-state index in [2.05, 4.69) is 37.2 Å². The Bertz CT molecular complexity index is 247. The van der Waals surface area contributed by atoms with E-state index in [4.69, 9.17) is 0 Å². The molecule has 0 spiro atoms. The molecule has 0 saturated heterocycles. The van der Waals surface area contributed by atoms with Gasteiger partial charge in [0, 0.05) is 13.1 Å². The van der Waals surface area contributed by atoms with Gasteiger partial charge in [0.2, 0.25) is 0 Å². The van der Waals surface area contributed by atoms with Crippen molar-refractivity contribution in [3.05, 3.63) is 18.7 Å². The first kappa shape index (κ1) is 10.2. The molecule has 0 saturated carbocycles. The molecule has 0 bridgehead atoms. The summed E-state index contributed by atoms with van der Waals surface area (Å²) >= 11 is 8.80. The molecule has 2 rings (SSSR count). The van der Waals surface area contributed by atoms with Crippen LogP contribution in [-0.4, -0.2) is 0 Å². The molecular weight excluding hydrogens is 358 g/mol. The maximum absolute atomic E-state index is 3.52.